The highest BCUT2D eigenvalue weighted by Crippen LogP contribution is 2.37. The molecule has 0 aromatic heterocycles. The maximum Gasteiger partial charge on any atom is 0.0906 e. The molecule has 1 N–H and O–H groups in total. The lowest BCUT2D eigenvalue weighted by molar-refractivity contribution is 0.0397. The third-order valence-electron chi connectivity index (χ3n) is 4.42. The Hall–Kier alpha value is -0.150. The molecular weight excluding hydrogens is 203 g/mol. The summed E-state index contributed by atoms with van der Waals surface area (Å²) in [5, 5.41) is 3.67. The summed E-state index contributed by atoms with van der Waals surface area (Å²) in [4.78, 5) is 2.59. The van der Waals surface area contributed by atoms with Gasteiger partial charge in [-0.2, -0.15) is 0 Å². The predicted octanol–water partition coefficient (Wildman–Crippen LogP) is 2.34. The van der Waals surface area contributed by atoms with Gasteiger partial charge in [0.15, 0.2) is 0 Å². The van der Waals surface area contributed by atoms with Gasteiger partial charge in [-0.3, -0.25) is 9.29 Å². The normalized spacial score (nSPS) is 30.0. The summed E-state index contributed by atoms with van der Waals surface area (Å²) in [6, 6.07) is 0.617. The lowest BCUT2D eigenvalue weighted by Crippen LogP contribution is -2.63. The van der Waals surface area contributed by atoms with Crippen LogP contribution in [0.5, 0.6) is 0 Å². The van der Waals surface area contributed by atoms with Gasteiger partial charge in [-0.05, 0) is 25.7 Å². The van der Waals surface area contributed by atoms with E-state index in [1.54, 1.807) is 0 Å². The average Bonchev–Trinajstić information content (AvgIpc) is 2.78. The van der Waals surface area contributed by atoms with Crippen molar-refractivity contribution in [3.63, 3.8) is 0 Å². The number of hydrogen-bond acceptors (Lipinski definition) is 2. The fraction of sp³-hybridized carbons (Fsp3) is 1.00. The molecule has 2 fully saturated rings. The third-order valence-corrected chi connectivity index (χ3v) is 4.42. The minimum absolute atomic E-state index is 0.170. The Morgan fingerprint density at radius 1 is 1.38 bits per heavy atom. The first-order valence-electron chi connectivity index (χ1n) is 6.85. The highest BCUT2D eigenvalue weighted by molar-refractivity contribution is 5.01. The molecule has 16 heavy (non-hydrogen) atoms. The Balaban J connectivity index is 1.99. The number of halogens is 1. The molecule has 1 atom stereocenters. The van der Waals surface area contributed by atoms with Crippen LogP contribution in [0.1, 0.15) is 45.4 Å². The van der Waals surface area contributed by atoms with Crippen molar-refractivity contribution in [3.05, 3.63) is 0 Å². The van der Waals surface area contributed by atoms with E-state index in [9.17, 15) is 4.39 Å². The maximum atomic E-state index is 12.4. The molecule has 1 saturated carbocycles. The Bertz CT molecular complexity index is 214. The van der Waals surface area contributed by atoms with Gasteiger partial charge in [-0.15, -0.1) is 0 Å². The first kappa shape index (κ1) is 12.3. The monoisotopic (exact) mass is 228 g/mol. The molecule has 2 nitrogen and oxygen atoms in total. The Kier molecular flexibility index (Phi) is 4.20. The Labute approximate surface area is 98.6 Å². The smallest absolute Gasteiger partial charge is 0.0906 e. The molecule has 1 aliphatic carbocycles. The summed E-state index contributed by atoms with van der Waals surface area (Å²) < 4.78 is 12.4. The number of hydrogen-bond donors (Lipinski definition) is 1. The Morgan fingerprint density at radius 3 is 2.75 bits per heavy atom. The van der Waals surface area contributed by atoms with Crippen LogP contribution in [-0.4, -0.2) is 42.8 Å². The second-order valence-corrected chi connectivity index (χ2v) is 5.41. The standard InChI is InChI=1S/C13H25FN2/c1-2-12-10-16(9-5-8-14)13(11-15-12)6-3-4-7-13/h12,15H,2-11H2,1H3. The number of rotatable bonds is 4. The zero-order chi connectivity index (χ0) is 11.4. The van der Waals surface area contributed by atoms with Crippen LogP contribution < -0.4 is 5.32 Å². The van der Waals surface area contributed by atoms with Gasteiger partial charge >= 0.3 is 0 Å². The van der Waals surface area contributed by atoms with Crippen LogP contribution in [0, 0.1) is 0 Å². The fourth-order valence-electron chi connectivity index (χ4n) is 3.35. The van der Waals surface area contributed by atoms with Gasteiger partial charge in [0.25, 0.3) is 0 Å². The number of nitrogens with one attached hydrogen (secondary N) is 1. The average molecular weight is 228 g/mol. The first-order chi connectivity index (χ1) is 7.80. The second kappa shape index (κ2) is 5.46. The van der Waals surface area contributed by atoms with Gasteiger partial charge in [0.1, 0.15) is 0 Å². The molecule has 0 aromatic rings. The molecule has 0 aromatic carbocycles. The van der Waals surface area contributed by atoms with Crippen molar-refractivity contribution < 1.29 is 4.39 Å². The lowest BCUT2D eigenvalue weighted by Gasteiger charge is -2.48. The van der Waals surface area contributed by atoms with Crippen LogP contribution in [0.4, 0.5) is 4.39 Å². The van der Waals surface area contributed by atoms with Crippen LogP contribution >= 0.6 is 0 Å². The minimum Gasteiger partial charge on any atom is -0.311 e. The van der Waals surface area contributed by atoms with E-state index in [0.29, 0.717) is 18.0 Å². The topological polar surface area (TPSA) is 15.3 Å². The van der Waals surface area contributed by atoms with E-state index < -0.39 is 0 Å². The highest BCUT2D eigenvalue weighted by atomic mass is 19.1. The quantitative estimate of drug-likeness (QED) is 0.794. The minimum atomic E-state index is -0.170. The summed E-state index contributed by atoms with van der Waals surface area (Å²) in [6.45, 7) is 5.26. The molecule has 2 aliphatic rings. The largest absolute Gasteiger partial charge is 0.311 e. The molecule has 94 valence electrons. The van der Waals surface area contributed by atoms with E-state index >= 15 is 0 Å². The van der Waals surface area contributed by atoms with Crippen LogP contribution in [0.3, 0.4) is 0 Å². The van der Waals surface area contributed by atoms with Crippen LogP contribution in [0.25, 0.3) is 0 Å². The summed E-state index contributed by atoms with van der Waals surface area (Å²) >= 11 is 0. The van der Waals surface area contributed by atoms with Gasteiger partial charge in [-0.25, -0.2) is 0 Å². The summed E-state index contributed by atoms with van der Waals surface area (Å²) in [6.07, 6.45) is 7.21. The van der Waals surface area contributed by atoms with Crippen LogP contribution in [-0.2, 0) is 0 Å². The van der Waals surface area contributed by atoms with Gasteiger partial charge in [0.2, 0.25) is 0 Å². The van der Waals surface area contributed by atoms with Crippen molar-refractivity contribution in [2.45, 2.75) is 57.0 Å². The van der Waals surface area contributed by atoms with Crippen molar-refractivity contribution in [3.8, 4) is 0 Å². The molecule has 0 bridgehead atoms. The van der Waals surface area contributed by atoms with E-state index in [2.05, 4.69) is 17.1 Å². The number of nitrogens with zero attached hydrogens (tertiary/aromatic N) is 1. The van der Waals surface area contributed by atoms with Crippen LogP contribution in [0.15, 0.2) is 0 Å². The number of alkyl halides is 1. The lowest BCUT2D eigenvalue weighted by atomic mass is 9.90. The zero-order valence-corrected chi connectivity index (χ0v) is 10.5. The molecule has 3 heteroatoms. The van der Waals surface area contributed by atoms with E-state index in [1.165, 1.54) is 32.1 Å². The highest BCUT2D eigenvalue weighted by Gasteiger charge is 2.42. The van der Waals surface area contributed by atoms with E-state index in [4.69, 9.17) is 0 Å². The second-order valence-electron chi connectivity index (χ2n) is 5.41. The maximum absolute atomic E-state index is 12.4. The molecule has 1 spiro atoms. The fourth-order valence-corrected chi connectivity index (χ4v) is 3.35. The summed E-state index contributed by atoms with van der Waals surface area (Å²) in [5.41, 5.74) is 0.376. The van der Waals surface area contributed by atoms with Crippen molar-refractivity contribution in [2.75, 3.05) is 26.3 Å². The molecule has 1 aliphatic heterocycles. The third kappa shape index (κ3) is 2.40. The van der Waals surface area contributed by atoms with Crippen molar-refractivity contribution in [1.82, 2.24) is 10.2 Å². The molecule has 0 radical (unpaired) electrons. The van der Waals surface area contributed by atoms with Gasteiger partial charge in [-0.1, -0.05) is 19.8 Å². The van der Waals surface area contributed by atoms with Crippen molar-refractivity contribution in [1.29, 1.82) is 0 Å². The van der Waals surface area contributed by atoms with Crippen LogP contribution in [0.2, 0.25) is 0 Å². The van der Waals surface area contributed by atoms with E-state index in [-0.39, 0.29) is 6.67 Å². The Morgan fingerprint density at radius 2 is 2.12 bits per heavy atom. The van der Waals surface area contributed by atoms with Gasteiger partial charge < -0.3 is 5.32 Å². The molecule has 2 rings (SSSR count). The number of piperazine rings is 1. The first-order valence-corrected chi connectivity index (χ1v) is 6.85. The summed E-state index contributed by atoms with van der Waals surface area (Å²) in [5.74, 6) is 0. The van der Waals surface area contributed by atoms with Crippen molar-refractivity contribution >= 4 is 0 Å². The molecule has 1 unspecified atom stereocenters. The summed E-state index contributed by atoms with van der Waals surface area (Å²) in [7, 11) is 0. The predicted molar refractivity (Wildman–Crippen MR) is 65.4 cm³/mol. The molecule has 1 heterocycles. The zero-order valence-electron chi connectivity index (χ0n) is 10.5. The SMILES string of the molecule is CCC1CN(CCCF)C2(CCCC2)CN1. The van der Waals surface area contributed by atoms with Gasteiger partial charge in [0.05, 0.1) is 6.67 Å². The van der Waals surface area contributed by atoms with E-state index in [1.807, 2.05) is 0 Å². The van der Waals surface area contributed by atoms with E-state index in [0.717, 1.165) is 19.6 Å². The molecule has 1 saturated heterocycles. The molecule has 0 amide bonds. The van der Waals surface area contributed by atoms with Gasteiger partial charge in [0, 0.05) is 31.2 Å². The molecular formula is C13H25FN2. The van der Waals surface area contributed by atoms with Crippen molar-refractivity contribution in [2.24, 2.45) is 0 Å².